The van der Waals surface area contributed by atoms with Gasteiger partial charge in [0.05, 0.1) is 0 Å². The minimum absolute atomic E-state index is 0.0894. The molecule has 2 aromatic carbocycles. The van der Waals surface area contributed by atoms with Gasteiger partial charge in [-0.1, -0.05) is 67.2 Å². The first-order chi connectivity index (χ1) is 11.9. The Morgan fingerprint density at radius 3 is 2.00 bits per heavy atom. The molecule has 0 aliphatic heterocycles. The molecule has 0 spiro atoms. The molecule has 0 amide bonds. The zero-order valence-electron chi connectivity index (χ0n) is 16.9. The minimum atomic E-state index is 0.0894. The van der Waals surface area contributed by atoms with Crippen LogP contribution in [0.15, 0.2) is 49.0 Å². The molecule has 0 radical (unpaired) electrons. The van der Waals surface area contributed by atoms with Gasteiger partial charge in [0.2, 0.25) is 0 Å². The lowest BCUT2D eigenvalue weighted by Gasteiger charge is -2.24. The largest absolute Gasteiger partial charge is 0.508 e. The van der Waals surface area contributed by atoms with Gasteiger partial charge >= 0.3 is 0 Å². The fourth-order valence-corrected chi connectivity index (χ4v) is 2.04. The van der Waals surface area contributed by atoms with Gasteiger partial charge in [-0.05, 0) is 59.4 Å². The van der Waals surface area contributed by atoms with Gasteiger partial charge in [0, 0.05) is 0 Å². The maximum atomic E-state index is 9.32. The molecule has 0 saturated carbocycles. The summed E-state index contributed by atoms with van der Waals surface area (Å²) >= 11 is 0. The maximum absolute atomic E-state index is 9.32. The topological polar surface area (TPSA) is 29.5 Å². The summed E-state index contributed by atoms with van der Waals surface area (Å²) in [5.74, 6) is 1.72. The summed E-state index contributed by atoms with van der Waals surface area (Å²) in [5.41, 5.74) is 2.37. The molecule has 0 aliphatic rings. The first kappa shape index (κ1) is 22.8. The van der Waals surface area contributed by atoms with Gasteiger partial charge in [-0.2, -0.15) is 0 Å². The monoisotopic (exact) mass is 342 g/mol. The molecule has 0 bridgehead atoms. The molecule has 2 heteroatoms. The molecule has 25 heavy (non-hydrogen) atoms. The van der Waals surface area contributed by atoms with Crippen molar-refractivity contribution in [1.29, 1.82) is 0 Å². The molecule has 2 aromatic rings. The van der Waals surface area contributed by atoms with Crippen molar-refractivity contribution in [2.24, 2.45) is 0 Å². The third-order valence-electron chi connectivity index (χ3n) is 3.90. The summed E-state index contributed by atoms with van der Waals surface area (Å²) in [6.07, 6.45) is 2.88. The lowest BCUT2D eigenvalue weighted by molar-refractivity contribution is 0.460. The van der Waals surface area contributed by atoms with Crippen LogP contribution in [0.25, 0.3) is 6.08 Å². The van der Waals surface area contributed by atoms with E-state index in [1.54, 1.807) is 24.3 Å². The van der Waals surface area contributed by atoms with Gasteiger partial charge in [-0.3, -0.25) is 0 Å². The van der Waals surface area contributed by atoms with Crippen molar-refractivity contribution in [3.63, 3.8) is 0 Å². The number of phenols is 1. The third kappa shape index (κ3) is 7.04. The lowest BCUT2D eigenvalue weighted by atomic mass is 9.81. The Hall–Kier alpha value is -2.22. The van der Waals surface area contributed by atoms with Crippen LogP contribution in [0.1, 0.15) is 66.0 Å². The lowest BCUT2D eigenvalue weighted by Crippen LogP contribution is -2.15. The summed E-state index contributed by atoms with van der Waals surface area (Å²) in [7, 11) is 0. The van der Waals surface area contributed by atoms with Crippen LogP contribution in [0.4, 0.5) is 0 Å². The first-order valence-electron chi connectivity index (χ1n) is 9.19. The van der Waals surface area contributed by atoms with E-state index in [2.05, 4.69) is 39.5 Å². The molecule has 0 aliphatic carbocycles. The number of phenolic OH excluding ortho intramolecular Hbond substituents is 1. The number of rotatable bonds is 5. The third-order valence-corrected chi connectivity index (χ3v) is 3.90. The van der Waals surface area contributed by atoms with E-state index < -0.39 is 0 Å². The Balaban J connectivity index is 0.00000134. The van der Waals surface area contributed by atoms with E-state index in [0.29, 0.717) is 5.75 Å². The predicted octanol–water partition coefficient (Wildman–Crippen LogP) is 7.57. The minimum Gasteiger partial charge on any atom is -0.508 e. The highest BCUT2D eigenvalue weighted by Gasteiger charge is 2.19. The molecule has 2 rings (SSSR count). The summed E-state index contributed by atoms with van der Waals surface area (Å²) in [5, 5.41) is 9.32. The molecule has 0 unspecified atom stereocenters. The van der Waals surface area contributed by atoms with Crippen molar-refractivity contribution in [2.45, 2.75) is 60.3 Å². The van der Waals surface area contributed by atoms with Gasteiger partial charge in [-0.15, -0.1) is 0 Å². The predicted molar refractivity (Wildman–Crippen MR) is 111 cm³/mol. The molecule has 1 N–H and O–H groups in total. The van der Waals surface area contributed by atoms with Crippen molar-refractivity contribution in [1.82, 2.24) is 0 Å². The zero-order chi connectivity index (χ0) is 19.5. The smallest absolute Gasteiger partial charge is 0.128 e. The number of benzene rings is 2. The highest BCUT2D eigenvalue weighted by atomic mass is 16.5. The fraction of sp³-hybridized carbons (Fsp3) is 0.391. The van der Waals surface area contributed by atoms with Crippen LogP contribution in [-0.2, 0) is 5.41 Å². The van der Waals surface area contributed by atoms with Gasteiger partial charge in [0.25, 0.3) is 0 Å². The van der Waals surface area contributed by atoms with Crippen LogP contribution in [0.5, 0.6) is 17.2 Å². The van der Waals surface area contributed by atoms with Gasteiger partial charge in [0.1, 0.15) is 17.2 Å². The summed E-state index contributed by atoms with van der Waals surface area (Å²) in [6.45, 7) is 18.5. The fourth-order valence-electron chi connectivity index (χ4n) is 2.04. The Labute approximate surface area is 154 Å². The molecule has 138 valence electrons. The second kappa shape index (κ2) is 11.4. The van der Waals surface area contributed by atoms with E-state index in [9.17, 15) is 5.11 Å². The maximum Gasteiger partial charge on any atom is 0.128 e. The normalized spacial score (nSPS) is 9.88. The van der Waals surface area contributed by atoms with Gasteiger partial charge < -0.3 is 9.84 Å². The van der Waals surface area contributed by atoms with E-state index in [4.69, 9.17) is 4.74 Å². The van der Waals surface area contributed by atoms with Gasteiger partial charge in [-0.25, -0.2) is 0 Å². The second-order valence-corrected chi connectivity index (χ2v) is 5.83. The molecule has 2 nitrogen and oxygen atoms in total. The van der Waals surface area contributed by atoms with Crippen LogP contribution in [0, 0.1) is 0 Å². The Bertz CT molecular complexity index is 625. The van der Waals surface area contributed by atoms with E-state index in [1.807, 2.05) is 39.8 Å². The Morgan fingerprint density at radius 2 is 1.52 bits per heavy atom. The van der Waals surface area contributed by atoms with Crippen LogP contribution in [0.3, 0.4) is 0 Å². The quantitative estimate of drug-likeness (QED) is 0.607. The number of aromatic hydroxyl groups is 1. The van der Waals surface area contributed by atoms with E-state index >= 15 is 0 Å². The molecular formula is C23H34O2. The zero-order valence-corrected chi connectivity index (χ0v) is 16.9. The summed E-state index contributed by atoms with van der Waals surface area (Å²) in [4.78, 5) is 0. The van der Waals surface area contributed by atoms with E-state index in [-0.39, 0.29) is 11.2 Å². The number of ether oxygens (including phenoxy) is 1. The van der Waals surface area contributed by atoms with Crippen molar-refractivity contribution in [3.05, 3.63) is 60.2 Å². The van der Waals surface area contributed by atoms with E-state index in [1.165, 1.54) is 5.56 Å². The van der Waals surface area contributed by atoms with Crippen LogP contribution < -0.4 is 4.74 Å². The number of hydrogen-bond acceptors (Lipinski definition) is 2. The molecule has 0 atom stereocenters. The van der Waals surface area contributed by atoms with Crippen LogP contribution >= 0.6 is 0 Å². The summed E-state index contributed by atoms with van der Waals surface area (Å²) < 4.78 is 5.90. The van der Waals surface area contributed by atoms with Crippen LogP contribution in [0.2, 0.25) is 0 Å². The van der Waals surface area contributed by atoms with Crippen molar-refractivity contribution >= 4 is 6.08 Å². The SMILES string of the molecule is C=Cc1cc(Oc2ccc(O)cc2)cc(C(C)(C)CC)c1.CC.CC. The standard InChI is InChI=1S/C19H22O2.2C2H6/c1-5-14-11-15(19(3,4)6-2)13-18(12-14)21-17-9-7-16(20)8-10-17;2*1-2/h5,7-13,20H,1,6H2,2-4H3;2*1-2H3. The van der Waals surface area contributed by atoms with Crippen molar-refractivity contribution < 1.29 is 9.84 Å². The average molecular weight is 343 g/mol. The summed E-state index contributed by atoms with van der Waals surface area (Å²) in [6, 6.07) is 12.9. The molecule has 0 heterocycles. The molecule has 0 saturated heterocycles. The van der Waals surface area contributed by atoms with Crippen molar-refractivity contribution in [2.75, 3.05) is 0 Å². The molecule has 0 aromatic heterocycles. The Kier molecular flexibility index (Phi) is 10.3. The molecular weight excluding hydrogens is 308 g/mol. The average Bonchev–Trinajstić information content (AvgIpc) is 2.66. The highest BCUT2D eigenvalue weighted by molar-refractivity contribution is 5.53. The molecule has 0 fully saturated rings. The van der Waals surface area contributed by atoms with Crippen molar-refractivity contribution in [3.8, 4) is 17.2 Å². The highest BCUT2D eigenvalue weighted by Crippen LogP contribution is 2.33. The van der Waals surface area contributed by atoms with Gasteiger partial charge in [0.15, 0.2) is 0 Å². The van der Waals surface area contributed by atoms with Crippen LogP contribution in [-0.4, -0.2) is 5.11 Å². The first-order valence-corrected chi connectivity index (χ1v) is 9.19. The second-order valence-electron chi connectivity index (χ2n) is 5.83. The Morgan fingerprint density at radius 1 is 0.960 bits per heavy atom. The number of hydrogen-bond donors (Lipinski definition) is 1. The van der Waals surface area contributed by atoms with E-state index in [0.717, 1.165) is 17.7 Å².